The van der Waals surface area contributed by atoms with Gasteiger partial charge in [0.15, 0.2) is 0 Å². The minimum Gasteiger partial charge on any atom is -0.320 e. The fraction of sp³-hybridized carbons (Fsp3) is 0.560. The molecular formula is C25H38N4O4. The highest BCUT2D eigenvalue weighted by Crippen LogP contribution is 2.28. The van der Waals surface area contributed by atoms with Crippen molar-refractivity contribution in [2.24, 2.45) is 11.7 Å². The van der Waals surface area contributed by atoms with Crippen molar-refractivity contribution in [3.63, 3.8) is 0 Å². The van der Waals surface area contributed by atoms with Crippen LogP contribution in [0.3, 0.4) is 0 Å². The smallest absolute Gasteiger partial charge is 0.268 e. The molecule has 3 amide bonds. The zero-order valence-electron chi connectivity index (χ0n) is 19.9. The molecule has 8 nitrogen and oxygen atoms in total. The number of benzene rings is 1. The van der Waals surface area contributed by atoms with Gasteiger partial charge in [0.25, 0.3) is 11.8 Å². The Morgan fingerprint density at radius 2 is 1.79 bits per heavy atom. The number of rotatable bonds is 10. The number of hydrogen-bond acceptors (Lipinski definition) is 5. The molecule has 1 saturated carbocycles. The summed E-state index contributed by atoms with van der Waals surface area (Å²) in [7, 11) is 0. The van der Waals surface area contributed by atoms with Crippen LogP contribution in [0.4, 0.5) is 0 Å². The SMILES string of the molecule is CC(C)CCC(=O)N([C@@H](CC=Cc1ccccc1)C(=O)NO)N(C(=O)[C@@H](C)N)C1CCCC1. The molecule has 1 aliphatic carbocycles. The average molecular weight is 459 g/mol. The maximum atomic E-state index is 13.5. The van der Waals surface area contributed by atoms with Crippen LogP contribution in [0, 0.1) is 5.92 Å². The first-order chi connectivity index (χ1) is 15.8. The summed E-state index contributed by atoms with van der Waals surface area (Å²) in [6.07, 6.45) is 7.91. The van der Waals surface area contributed by atoms with Crippen LogP contribution in [0.15, 0.2) is 36.4 Å². The Labute approximate surface area is 196 Å². The number of hydrogen-bond donors (Lipinski definition) is 3. The summed E-state index contributed by atoms with van der Waals surface area (Å²) in [5.74, 6) is -1.19. The molecule has 0 heterocycles. The van der Waals surface area contributed by atoms with Crippen molar-refractivity contribution in [3.8, 4) is 0 Å². The number of hydrazine groups is 1. The van der Waals surface area contributed by atoms with Gasteiger partial charge in [-0.05, 0) is 44.1 Å². The van der Waals surface area contributed by atoms with Crippen molar-refractivity contribution in [1.82, 2.24) is 15.5 Å². The molecule has 0 aromatic heterocycles. The second-order valence-corrected chi connectivity index (χ2v) is 9.12. The minimum absolute atomic E-state index is 0.129. The topological polar surface area (TPSA) is 116 Å². The molecule has 8 heteroatoms. The van der Waals surface area contributed by atoms with E-state index in [9.17, 15) is 19.6 Å². The Hall–Kier alpha value is -2.71. The van der Waals surface area contributed by atoms with Crippen LogP contribution in [0.5, 0.6) is 0 Å². The van der Waals surface area contributed by atoms with E-state index in [2.05, 4.69) is 0 Å². The molecule has 182 valence electrons. The van der Waals surface area contributed by atoms with E-state index in [0.29, 0.717) is 6.42 Å². The Morgan fingerprint density at radius 1 is 1.15 bits per heavy atom. The predicted molar refractivity (Wildman–Crippen MR) is 127 cm³/mol. The summed E-state index contributed by atoms with van der Waals surface area (Å²) in [5, 5.41) is 12.2. The fourth-order valence-corrected chi connectivity index (χ4v) is 4.08. The van der Waals surface area contributed by atoms with Crippen molar-refractivity contribution in [3.05, 3.63) is 42.0 Å². The van der Waals surface area contributed by atoms with Gasteiger partial charge in [-0.3, -0.25) is 19.6 Å². The van der Waals surface area contributed by atoms with E-state index in [1.165, 1.54) is 10.0 Å². The third-order valence-corrected chi connectivity index (χ3v) is 5.89. The molecule has 0 saturated heterocycles. The molecule has 0 radical (unpaired) electrons. The average Bonchev–Trinajstić information content (AvgIpc) is 3.33. The third-order valence-electron chi connectivity index (χ3n) is 5.89. The number of nitrogens with two attached hydrogens (primary N) is 1. The molecule has 2 atom stereocenters. The largest absolute Gasteiger partial charge is 0.320 e. The number of carbonyl (C=O) groups is 3. The van der Waals surface area contributed by atoms with E-state index < -0.39 is 23.9 Å². The zero-order chi connectivity index (χ0) is 24.4. The van der Waals surface area contributed by atoms with E-state index >= 15 is 0 Å². The second kappa shape index (κ2) is 13.1. The summed E-state index contributed by atoms with van der Waals surface area (Å²) < 4.78 is 0. The van der Waals surface area contributed by atoms with Gasteiger partial charge in [-0.2, -0.15) is 0 Å². The highest BCUT2D eigenvalue weighted by Gasteiger charge is 2.41. The maximum absolute atomic E-state index is 13.5. The van der Waals surface area contributed by atoms with Crippen LogP contribution in [-0.2, 0) is 14.4 Å². The van der Waals surface area contributed by atoms with Crippen LogP contribution in [0.2, 0.25) is 0 Å². The number of hydroxylamine groups is 1. The van der Waals surface area contributed by atoms with E-state index in [-0.39, 0.29) is 30.7 Å². The van der Waals surface area contributed by atoms with Gasteiger partial charge in [0.05, 0.1) is 12.1 Å². The molecule has 1 aliphatic rings. The zero-order valence-corrected chi connectivity index (χ0v) is 19.9. The first-order valence-electron chi connectivity index (χ1n) is 11.8. The number of nitrogens with one attached hydrogen (secondary N) is 1. The van der Waals surface area contributed by atoms with E-state index in [1.807, 2.05) is 50.3 Å². The molecular weight excluding hydrogens is 420 g/mol. The number of carbonyl (C=O) groups excluding carboxylic acids is 3. The molecule has 2 rings (SSSR count). The number of amides is 3. The Bertz CT molecular complexity index is 804. The molecule has 1 fully saturated rings. The van der Waals surface area contributed by atoms with Crippen molar-refractivity contribution < 1.29 is 19.6 Å². The molecule has 0 aliphatic heterocycles. The van der Waals surface area contributed by atoms with Crippen LogP contribution in [0.1, 0.15) is 71.3 Å². The van der Waals surface area contributed by atoms with Gasteiger partial charge < -0.3 is 5.73 Å². The minimum atomic E-state index is -1.09. The third kappa shape index (κ3) is 7.68. The van der Waals surface area contributed by atoms with Gasteiger partial charge in [0.1, 0.15) is 6.04 Å². The van der Waals surface area contributed by atoms with Gasteiger partial charge in [0.2, 0.25) is 5.91 Å². The number of nitrogens with zero attached hydrogens (tertiary/aromatic N) is 2. The van der Waals surface area contributed by atoms with Gasteiger partial charge >= 0.3 is 0 Å². The van der Waals surface area contributed by atoms with Crippen molar-refractivity contribution in [1.29, 1.82) is 0 Å². The van der Waals surface area contributed by atoms with Gasteiger partial charge in [-0.1, -0.05) is 69.2 Å². The molecule has 0 spiro atoms. The molecule has 4 N–H and O–H groups in total. The monoisotopic (exact) mass is 458 g/mol. The summed E-state index contributed by atoms with van der Waals surface area (Å²) in [6, 6.07) is 7.44. The van der Waals surface area contributed by atoms with Crippen LogP contribution in [-0.4, -0.2) is 51.1 Å². The lowest BCUT2D eigenvalue weighted by Crippen LogP contribution is -2.63. The lowest BCUT2D eigenvalue weighted by atomic mass is 10.1. The predicted octanol–water partition coefficient (Wildman–Crippen LogP) is 3.26. The van der Waals surface area contributed by atoms with E-state index in [1.54, 1.807) is 18.5 Å². The normalized spacial score (nSPS) is 16.1. The lowest BCUT2D eigenvalue weighted by Gasteiger charge is -2.43. The first-order valence-corrected chi connectivity index (χ1v) is 11.8. The summed E-state index contributed by atoms with van der Waals surface area (Å²) in [4.78, 5) is 39.5. The molecule has 0 bridgehead atoms. The summed E-state index contributed by atoms with van der Waals surface area (Å²) in [6.45, 7) is 5.61. The summed E-state index contributed by atoms with van der Waals surface area (Å²) >= 11 is 0. The van der Waals surface area contributed by atoms with Crippen LogP contribution in [0.25, 0.3) is 6.08 Å². The van der Waals surface area contributed by atoms with Gasteiger partial charge in [-0.15, -0.1) is 0 Å². The fourth-order valence-electron chi connectivity index (χ4n) is 4.08. The summed E-state index contributed by atoms with van der Waals surface area (Å²) in [5.41, 5.74) is 8.59. The van der Waals surface area contributed by atoms with Crippen LogP contribution < -0.4 is 11.2 Å². The standard InChI is InChI=1S/C25H38N4O4/c1-18(2)16-17-23(30)29(28(25(32)19(3)26)21-13-7-8-14-21)22(24(31)27-33)15-9-12-20-10-5-4-6-11-20/h4-6,9-12,18-19,21-22,33H,7-8,13-17,26H2,1-3H3,(H,27,31)/t19-,22+/m1/s1. The Kier molecular flexibility index (Phi) is 10.5. The van der Waals surface area contributed by atoms with Crippen molar-refractivity contribution >= 4 is 23.8 Å². The second-order valence-electron chi connectivity index (χ2n) is 9.12. The van der Waals surface area contributed by atoms with E-state index in [4.69, 9.17) is 5.73 Å². The molecule has 1 aromatic rings. The molecule has 1 aromatic carbocycles. The van der Waals surface area contributed by atoms with Crippen molar-refractivity contribution in [2.45, 2.75) is 83.8 Å². The van der Waals surface area contributed by atoms with E-state index in [0.717, 1.165) is 31.2 Å². The quantitative estimate of drug-likeness (QED) is 0.368. The molecule has 0 unspecified atom stereocenters. The highest BCUT2D eigenvalue weighted by atomic mass is 16.5. The molecule has 33 heavy (non-hydrogen) atoms. The lowest BCUT2D eigenvalue weighted by molar-refractivity contribution is -0.180. The van der Waals surface area contributed by atoms with Crippen molar-refractivity contribution in [2.75, 3.05) is 0 Å². The highest BCUT2D eigenvalue weighted by molar-refractivity contribution is 5.90. The Morgan fingerprint density at radius 3 is 2.33 bits per heavy atom. The first kappa shape index (κ1) is 26.5. The van der Waals surface area contributed by atoms with Gasteiger partial charge in [0, 0.05) is 6.42 Å². The Balaban J connectivity index is 2.44. The maximum Gasteiger partial charge on any atom is 0.268 e. The van der Waals surface area contributed by atoms with Gasteiger partial charge in [-0.25, -0.2) is 15.5 Å². The van der Waals surface area contributed by atoms with Crippen LogP contribution >= 0.6 is 0 Å².